The van der Waals surface area contributed by atoms with Crippen molar-refractivity contribution in [1.82, 2.24) is 20.2 Å². The molecule has 4 aliphatic rings. The van der Waals surface area contributed by atoms with E-state index in [0.717, 1.165) is 56.3 Å². The van der Waals surface area contributed by atoms with Crippen LogP contribution in [0.4, 0.5) is 0 Å². The van der Waals surface area contributed by atoms with Crippen molar-refractivity contribution in [3.63, 3.8) is 0 Å². The lowest BCUT2D eigenvalue weighted by atomic mass is 9.50. The highest BCUT2D eigenvalue weighted by Crippen LogP contribution is 2.66. The molecule has 0 aliphatic heterocycles. The Balaban J connectivity index is 1.21. The summed E-state index contributed by atoms with van der Waals surface area (Å²) in [6.07, 6.45) is 14.8. The Kier molecular flexibility index (Phi) is 5.32. The molecule has 3 saturated carbocycles. The molecular weight excluding hydrogens is 444 g/mol. The van der Waals surface area contributed by atoms with E-state index < -0.39 is 5.60 Å². The van der Waals surface area contributed by atoms with Gasteiger partial charge in [-0.15, -0.1) is 5.10 Å². The van der Waals surface area contributed by atoms with E-state index >= 15 is 0 Å². The third-order valence-electron chi connectivity index (χ3n) is 9.73. The number of allylic oxidation sites excluding steroid dienone is 3. The van der Waals surface area contributed by atoms with Crippen molar-refractivity contribution in [2.45, 2.75) is 75.7 Å². The van der Waals surface area contributed by atoms with Crippen LogP contribution in [0.3, 0.4) is 0 Å². The van der Waals surface area contributed by atoms with Crippen LogP contribution in [-0.4, -0.2) is 47.8 Å². The Bertz CT molecular complexity index is 1150. The van der Waals surface area contributed by atoms with Gasteiger partial charge >= 0.3 is 0 Å². The molecular formula is C27H34N4O2S. The van der Waals surface area contributed by atoms with Gasteiger partial charge in [0.25, 0.3) is 0 Å². The SMILES string of the molecule is C[C@]12CC[C@H](O)CC1=CC=C1[C@@H]2CC[C@@]2(C)[C@H]1CC[C@@]2(O)CSc1n[nH]c(-c2ccncc2)n1. The number of aromatic nitrogens is 4. The number of nitrogens with one attached hydrogen (secondary N) is 1. The summed E-state index contributed by atoms with van der Waals surface area (Å²) in [5, 5.41) is 30.3. The third-order valence-corrected chi connectivity index (χ3v) is 10.8. The number of thioether (sulfide) groups is 1. The summed E-state index contributed by atoms with van der Waals surface area (Å²) >= 11 is 1.56. The van der Waals surface area contributed by atoms with Crippen LogP contribution < -0.4 is 0 Å². The molecule has 0 saturated heterocycles. The minimum absolute atomic E-state index is 0.136. The second-order valence-electron chi connectivity index (χ2n) is 11.3. The first-order valence-electron chi connectivity index (χ1n) is 12.6. The molecule has 2 aromatic rings. The molecule has 6 atom stereocenters. The summed E-state index contributed by atoms with van der Waals surface area (Å²) in [6, 6.07) is 3.82. The van der Waals surface area contributed by atoms with Gasteiger partial charge in [-0.3, -0.25) is 10.1 Å². The van der Waals surface area contributed by atoms with E-state index in [-0.39, 0.29) is 16.9 Å². The molecule has 0 spiro atoms. The molecule has 2 aromatic heterocycles. The first-order chi connectivity index (χ1) is 16.3. The Morgan fingerprint density at radius 3 is 2.68 bits per heavy atom. The van der Waals surface area contributed by atoms with Gasteiger partial charge in [0.2, 0.25) is 5.16 Å². The Morgan fingerprint density at radius 1 is 1.06 bits per heavy atom. The fraction of sp³-hybridized carbons (Fsp3) is 0.593. The molecule has 0 aromatic carbocycles. The molecule has 2 heterocycles. The fourth-order valence-corrected chi connectivity index (χ4v) is 8.57. The quantitative estimate of drug-likeness (QED) is 0.539. The Hall–Kier alpha value is -1.96. The monoisotopic (exact) mass is 478 g/mol. The van der Waals surface area contributed by atoms with Crippen LogP contribution in [0.2, 0.25) is 0 Å². The van der Waals surface area contributed by atoms with E-state index in [9.17, 15) is 10.2 Å². The molecule has 6 rings (SSSR count). The number of aliphatic hydroxyl groups is 2. The summed E-state index contributed by atoms with van der Waals surface area (Å²) in [5.74, 6) is 2.30. The third kappa shape index (κ3) is 3.34. The van der Waals surface area contributed by atoms with Gasteiger partial charge in [-0.05, 0) is 74.3 Å². The zero-order valence-electron chi connectivity index (χ0n) is 20.0. The largest absolute Gasteiger partial charge is 0.393 e. The van der Waals surface area contributed by atoms with Crippen molar-refractivity contribution in [2.24, 2.45) is 22.7 Å². The van der Waals surface area contributed by atoms with E-state index in [2.05, 4.69) is 46.2 Å². The molecule has 0 amide bonds. The molecule has 180 valence electrons. The Labute approximate surface area is 205 Å². The van der Waals surface area contributed by atoms with Crippen molar-refractivity contribution in [3.05, 3.63) is 47.8 Å². The predicted octanol–water partition coefficient (Wildman–Crippen LogP) is 4.93. The number of hydrogen-bond acceptors (Lipinski definition) is 6. The number of fused-ring (bicyclic) bond motifs is 5. The number of nitrogens with zero attached hydrogens (tertiary/aromatic N) is 3. The van der Waals surface area contributed by atoms with Gasteiger partial charge in [0, 0.05) is 29.1 Å². The topological polar surface area (TPSA) is 94.9 Å². The van der Waals surface area contributed by atoms with Crippen LogP contribution in [0, 0.1) is 22.7 Å². The summed E-state index contributed by atoms with van der Waals surface area (Å²) in [6.45, 7) is 4.74. The first-order valence-corrected chi connectivity index (χ1v) is 13.6. The second kappa shape index (κ2) is 8.04. The maximum Gasteiger partial charge on any atom is 0.208 e. The fourth-order valence-electron chi connectivity index (χ4n) is 7.47. The minimum atomic E-state index is -0.737. The standard InChI is InChI=1S/C27H34N4O2S/c1-25-10-5-19(32)15-18(25)3-4-20-21(25)6-11-26(2)22(20)7-12-27(26,33)16-34-24-29-23(30-31-24)17-8-13-28-14-9-17/h3-4,8-9,13-14,19,21-22,32-33H,5-7,10-12,15-16H2,1-2H3,(H,29,30,31)/t19-,21-,22-,25-,26-,27+/m0/s1. The average Bonchev–Trinajstić information content (AvgIpc) is 3.42. The maximum absolute atomic E-state index is 12.0. The minimum Gasteiger partial charge on any atom is -0.393 e. The van der Waals surface area contributed by atoms with Crippen molar-refractivity contribution >= 4 is 11.8 Å². The highest BCUT2D eigenvalue weighted by molar-refractivity contribution is 7.99. The summed E-state index contributed by atoms with van der Waals surface area (Å²) < 4.78 is 0. The van der Waals surface area contributed by atoms with E-state index in [1.807, 2.05) is 12.1 Å². The highest BCUT2D eigenvalue weighted by atomic mass is 32.2. The highest BCUT2D eigenvalue weighted by Gasteiger charge is 2.61. The number of H-pyrrole nitrogens is 1. The maximum atomic E-state index is 12.0. The van der Waals surface area contributed by atoms with Gasteiger partial charge in [0.1, 0.15) is 0 Å². The van der Waals surface area contributed by atoms with Gasteiger partial charge in [-0.25, -0.2) is 4.98 Å². The number of aromatic amines is 1. The molecule has 0 bridgehead atoms. The summed E-state index contributed by atoms with van der Waals surface area (Å²) in [5.41, 5.74) is 3.24. The van der Waals surface area contributed by atoms with Crippen LogP contribution in [0.25, 0.3) is 11.4 Å². The van der Waals surface area contributed by atoms with Gasteiger partial charge in [-0.2, -0.15) is 0 Å². The van der Waals surface area contributed by atoms with Crippen molar-refractivity contribution < 1.29 is 10.2 Å². The lowest BCUT2D eigenvalue weighted by Crippen LogP contribution is -2.52. The molecule has 3 N–H and O–H groups in total. The Morgan fingerprint density at radius 2 is 1.85 bits per heavy atom. The number of pyridine rings is 1. The van der Waals surface area contributed by atoms with Gasteiger partial charge in [0.15, 0.2) is 5.82 Å². The number of rotatable bonds is 4. The molecule has 6 nitrogen and oxygen atoms in total. The van der Waals surface area contributed by atoms with E-state index in [4.69, 9.17) is 0 Å². The van der Waals surface area contributed by atoms with Crippen LogP contribution in [0.1, 0.15) is 58.8 Å². The van der Waals surface area contributed by atoms with Crippen LogP contribution in [0.5, 0.6) is 0 Å². The van der Waals surface area contributed by atoms with Crippen molar-refractivity contribution in [2.75, 3.05) is 5.75 Å². The second-order valence-corrected chi connectivity index (χ2v) is 12.2. The molecule has 0 unspecified atom stereocenters. The molecule has 3 fully saturated rings. The summed E-state index contributed by atoms with van der Waals surface area (Å²) in [4.78, 5) is 8.70. The van der Waals surface area contributed by atoms with E-state index in [0.29, 0.717) is 22.7 Å². The van der Waals surface area contributed by atoms with E-state index in [1.54, 1.807) is 29.7 Å². The molecule has 0 radical (unpaired) electrons. The van der Waals surface area contributed by atoms with Gasteiger partial charge in [0.05, 0.1) is 11.7 Å². The zero-order valence-corrected chi connectivity index (χ0v) is 20.8. The lowest BCUT2D eigenvalue weighted by molar-refractivity contribution is -0.0679. The van der Waals surface area contributed by atoms with Crippen molar-refractivity contribution in [1.29, 1.82) is 0 Å². The molecule has 34 heavy (non-hydrogen) atoms. The molecule has 7 heteroatoms. The summed E-state index contributed by atoms with van der Waals surface area (Å²) in [7, 11) is 0. The normalized spacial score (nSPS) is 39.0. The van der Waals surface area contributed by atoms with Crippen LogP contribution in [0.15, 0.2) is 53.0 Å². The number of hydrogen-bond donors (Lipinski definition) is 3. The van der Waals surface area contributed by atoms with Gasteiger partial charge < -0.3 is 10.2 Å². The zero-order chi connectivity index (χ0) is 23.6. The van der Waals surface area contributed by atoms with E-state index in [1.165, 1.54) is 5.57 Å². The van der Waals surface area contributed by atoms with Gasteiger partial charge in [-0.1, -0.05) is 48.9 Å². The predicted molar refractivity (Wildman–Crippen MR) is 133 cm³/mol. The number of aliphatic hydroxyl groups excluding tert-OH is 1. The first kappa shape index (κ1) is 22.5. The van der Waals surface area contributed by atoms with Crippen molar-refractivity contribution in [3.8, 4) is 11.4 Å². The lowest BCUT2D eigenvalue weighted by Gasteiger charge is -2.56. The van der Waals surface area contributed by atoms with Crippen LogP contribution in [-0.2, 0) is 0 Å². The molecule has 4 aliphatic carbocycles. The average molecular weight is 479 g/mol. The smallest absolute Gasteiger partial charge is 0.208 e. The van der Waals surface area contributed by atoms with Crippen LogP contribution >= 0.6 is 11.8 Å².